The zero-order chi connectivity index (χ0) is 18.3. The van der Waals surface area contributed by atoms with Gasteiger partial charge in [0.25, 0.3) is 0 Å². The number of hydrogen-bond acceptors (Lipinski definition) is 0. The first kappa shape index (κ1) is 16.5. The van der Waals surface area contributed by atoms with E-state index in [1.54, 1.807) is 4.91 Å². The Balaban J connectivity index is 1.75. The van der Waals surface area contributed by atoms with Crippen LogP contribution in [-0.2, 0) is 0 Å². The van der Waals surface area contributed by atoms with Crippen molar-refractivity contribution in [2.45, 2.75) is 22.6 Å². The highest BCUT2D eigenvalue weighted by atomic mass is 32.3. The van der Waals surface area contributed by atoms with E-state index < -0.39 is 10.0 Å². The first-order chi connectivity index (χ1) is 13.3. The van der Waals surface area contributed by atoms with Crippen molar-refractivity contribution in [1.29, 1.82) is 0 Å². The van der Waals surface area contributed by atoms with Crippen molar-refractivity contribution in [1.82, 2.24) is 4.98 Å². The summed E-state index contributed by atoms with van der Waals surface area (Å²) in [5, 5.41) is 2.61. The highest BCUT2D eigenvalue weighted by Gasteiger charge is 2.28. The van der Waals surface area contributed by atoms with Crippen LogP contribution in [0.2, 0.25) is 0 Å². The second-order valence-corrected chi connectivity index (χ2v) is 10.5. The van der Waals surface area contributed by atoms with Gasteiger partial charge in [0.15, 0.2) is 0 Å². The van der Waals surface area contributed by atoms with Gasteiger partial charge in [0, 0.05) is 21.8 Å². The maximum atomic E-state index is 3.62. The van der Waals surface area contributed by atoms with Crippen LogP contribution in [0.15, 0.2) is 106 Å². The van der Waals surface area contributed by atoms with Crippen molar-refractivity contribution in [3.05, 3.63) is 95.9 Å². The molecular formula is C25H23NS. The second-order valence-electron chi connectivity index (χ2n) is 7.21. The summed E-state index contributed by atoms with van der Waals surface area (Å²) in [6.07, 6.45) is 11.6. The molecule has 4 aromatic rings. The Labute approximate surface area is 161 Å². The lowest BCUT2D eigenvalue weighted by molar-refractivity contribution is 1.01. The zero-order valence-electron chi connectivity index (χ0n) is 15.5. The van der Waals surface area contributed by atoms with Crippen molar-refractivity contribution in [3.63, 3.8) is 0 Å². The molecule has 0 aliphatic heterocycles. The average Bonchev–Trinajstić information content (AvgIpc) is 3.12. The third-order valence-corrected chi connectivity index (χ3v) is 9.46. The van der Waals surface area contributed by atoms with Gasteiger partial charge < -0.3 is 4.98 Å². The van der Waals surface area contributed by atoms with E-state index in [1.807, 2.05) is 0 Å². The minimum atomic E-state index is -1.24. The van der Waals surface area contributed by atoms with Crippen LogP contribution in [0, 0.1) is 0 Å². The number of H-pyrrole nitrogens is 1. The Morgan fingerprint density at radius 2 is 1.56 bits per heavy atom. The number of benzene rings is 3. The predicted octanol–water partition coefficient (Wildman–Crippen LogP) is 7.41. The van der Waals surface area contributed by atoms with Crippen LogP contribution in [0.3, 0.4) is 0 Å². The summed E-state index contributed by atoms with van der Waals surface area (Å²) >= 11 is 0. The molecule has 0 bridgehead atoms. The SMILES string of the molecule is CS(C1=CC=CCC1)(c1ccccc1)c1ccc2c(c1)[nH]c1ccccc12. The monoisotopic (exact) mass is 369 g/mol. The van der Waals surface area contributed by atoms with E-state index in [4.69, 9.17) is 0 Å². The Morgan fingerprint density at radius 3 is 2.37 bits per heavy atom. The summed E-state index contributed by atoms with van der Waals surface area (Å²) in [7, 11) is -1.24. The molecule has 1 heterocycles. The number of nitrogens with one attached hydrogen (secondary N) is 1. The van der Waals surface area contributed by atoms with E-state index in [0.29, 0.717) is 0 Å². The van der Waals surface area contributed by atoms with Crippen LogP contribution in [0.25, 0.3) is 21.8 Å². The van der Waals surface area contributed by atoms with Crippen LogP contribution in [0.1, 0.15) is 12.8 Å². The van der Waals surface area contributed by atoms with Gasteiger partial charge in [0.1, 0.15) is 0 Å². The number of aromatic nitrogens is 1. The van der Waals surface area contributed by atoms with E-state index in [1.165, 1.54) is 31.6 Å². The minimum Gasteiger partial charge on any atom is -0.354 e. The summed E-state index contributed by atoms with van der Waals surface area (Å²) in [4.78, 5) is 8.04. The molecule has 1 unspecified atom stereocenters. The summed E-state index contributed by atoms with van der Waals surface area (Å²) in [5.41, 5.74) is 2.44. The molecule has 1 aliphatic rings. The Kier molecular flexibility index (Phi) is 3.95. The predicted molar refractivity (Wildman–Crippen MR) is 119 cm³/mol. The molecule has 1 aromatic heterocycles. The molecule has 1 aliphatic carbocycles. The number of aromatic amines is 1. The molecule has 0 spiro atoms. The second kappa shape index (κ2) is 6.47. The fourth-order valence-electron chi connectivity index (χ4n) is 4.14. The third-order valence-electron chi connectivity index (χ3n) is 5.66. The number of fused-ring (bicyclic) bond motifs is 3. The fraction of sp³-hybridized carbons (Fsp3) is 0.120. The Hall–Kier alpha value is -2.71. The molecule has 2 heteroatoms. The summed E-state index contributed by atoms with van der Waals surface area (Å²) in [6.45, 7) is 0. The number of allylic oxidation sites excluding steroid dienone is 4. The van der Waals surface area contributed by atoms with Crippen molar-refractivity contribution in [3.8, 4) is 0 Å². The molecule has 27 heavy (non-hydrogen) atoms. The van der Waals surface area contributed by atoms with Gasteiger partial charge in [-0.3, -0.25) is 0 Å². The normalized spacial score (nSPS) is 17.6. The van der Waals surface area contributed by atoms with Gasteiger partial charge in [-0.1, -0.05) is 60.7 Å². The Bertz CT molecular complexity index is 1180. The lowest BCUT2D eigenvalue weighted by Crippen LogP contribution is -2.05. The van der Waals surface area contributed by atoms with Crippen LogP contribution in [0.4, 0.5) is 0 Å². The van der Waals surface area contributed by atoms with E-state index in [9.17, 15) is 0 Å². The molecule has 1 N–H and O–H groups in total. The quantitative estimate of drug-likeness (QED) is 0.387. The molecule has 134 valence electrons. The molecule has 0 fully saturated rings. The molecule has 1 atom stereocenters. The number of hydrogen-bond donors (Lipinski definition) is 1. The van der Waals surface area contributed by atoms with Gasteiger partial charge in [0.05, 0.1) is 0 Å². The van der Waals surface area contributed by atoms with Crippen molar-refractivity contribution in [2.24, 2.45) is 0 Å². The van der Waals surface area contributed by atoms with Crippen LogP contribution < -0.4 is 0 Å². The lowest BCUT2D eigenvalue weighted by atomic mass is 10.1. The first-order valence-electron chi connectivity index (χ1n) is 9.46. The summed E-state index contributed by atoms with van der Waals surface area (Å²) in [5.74, 6) is 0. The first-order valence-corrected chi connectivity index (χ1v) is 11.5. The molecule has 0 saturated heterocycles. The van der Waals surface area contributed by atoms with Crippen LogP contribution >= 0.6 is 10.0 Å². The smallest absolute Gasteiger partial charge is 0.0475 e. The van der Waals surface area contributed by atoms with Gasteiger partial charge in [-0.05, 0) is 64.1 Å². The van der Waals surface area contributed by atoms with Gasteiger partial charge in [-0.2, -0.15) is 10.0 Å². The van der Waals surface area contributed by atoms with Crippen LogP contribution in [-0.4, -0.2) is 11.2 Å². The lowest BCUT2D eigenvalue weighted by Gasteiger charge is -2.40. The molecule has 1 nitrogen and oxygen atoms in total. The van der Waals surface area contributed by atoms with E-state index in [2.05, 4.69) is 102 Å². The number of para-hydroxylation sites is 1. The van der Waals surface area contributed by atoms with Crippen LogP contribution in [0.5, 0.6) is 0 Å². The maximum absolute atomic E-state index is 3.62. The molecule has 0 saturated carbocycles. The largest absolute Gasteiger partial charge is 0.354 e. The van der Waals surface area contributed by atoms with Gasteiger partial charge in [-0.25, -0.2) is 0 Å². The third kappa shape index (κ3) is 2.64. The van der Waals surface area contributed by atoms with Gasteiger partial charge >= 0.3 is 0 Å². The highest BCUT2D eigenvalue weighted by molar-refractivity contribution is 8.36. The van der Waals surface area contributed by atoms with Crippen molar-refractivity contribution < 1.29 is 0 Å². The zero-order valence-corrected chi connectivity index (χ0v) is 16.3. The van der Waals surface area contributed by atoms with E-state index in [-0.39, 0.29) is 0 Å². The standard InChI is InChI=1S/C25H23NS/c1-27(19-10-4-2-5-11-19,20-12-6-3-7-13-20)21-16-17-23-22-14-8-9-15-24(22)26-25(23)18-21/h2-6,8-12,14-18,26H,7,13H2,1H3. The fourth-order valence-corrected chi connectivity index (χ4v) is 7.29. The molecule has 0 amide bonds. The minimum absolute atomic E-state index is 1.13. The summed E-state index contributed by atoms with van der Waals surface area (Å²) in [6, 6.07) is 26.6. The molecular weight excluding hydrogens is 346 g/mol. The molecule has 0 radical (unpaired) electrons. The molecule has 5 rings (SSSR count). The topological polar surface area (TPSA) is 15.8 Å². The van der Waals surface area contributed by atoms with Gasteiger partial charge in [0.2, 0.25) is 0 Å². The highest BCUT2D eigenvalue weighted by Crippen LogP contribution is 2.67. The van der Waals surface area contributed by atoms with Crippen molar-refractivity contribution in [2.75, 3.05) is 6.26 Å². The summed E-state index contributed by atoms with van der Waals surface area (Å²) < 4.78 is 0. The average molecular weight is 370 g/mol. The Morgan fingerprint density at radius 1 is 0.778 bits per heavy atom. The van der Waals surface area contributed by atoms with E-state index in [0.717, 1.165) is 12.8 Å². The number of rotatable bonds is 3. The molecule has 3 aromatic carbocycles. The van der Waals surface area contributed by atoms with E-state index >= 15 is 0 Å². The van der Waals surface area contributed by atoms with Gasteiger partial charge in [-0.15, -0.1) is 0 Å². The maximum Gasteiger partial charge on any atom is 0.0475 e. The van der Waals surface area contributed by atoms with Crippen molar-refractivity contribution >= 4 is 31.8 Å².